The fraction of sp³-hybridized carbons (Fsp3) is 0.273. The van der Waals surface area contributed by atoms with Crippen molar-refractivity contribution < 1.29 is 5.11 Å². The first-order valence-corrected chi connectivity index (χ1v) is 5.69. The van der Waals surface area contributed by atoms with Crippen LogP contribution < -0.4 is 0 Å². The average molecular weight is 271 g/mol. The molecule has 0 saturated heterocycles. The van der Waals surface area contributed by atoms with E-state index in [9.17, 15) is 0 Å². The van der Waals surface area contributed by atoms with E-state index >= 15 is 0 Å². The minimum atomic E-state index is 0.0304. The summed E-state index contributed by atoms with van der Waals surface area (Å²) in [7, 11) is 0. The Morgan fingerprint density at radius 3 is 2.86 bits per heavy atom. The molecule has 0 amide bonds. The topological polar surface area (TPSA) is 20.2 Å². The predicted octanol–water partition coefficient (Wildman–Crippen LogP) is 2.61. The molecule has 1 nitrogen and oxygen atoms in total. The molecule has 0 fully saturated rings. The number of halogens is 1. The molecule has 0 saturated carbocycles. The third-order valence-electron chi connectivity index (χ3n) is 1.69. The summed E-state index contributed by atoms with van der Waals surface area (Å²) in [6.45, 7) is 0.0304. The Balaban J connectivity index is 2.86. The molecule has 0 unspecified atom stereocenters. The molecule has 74 valence electrons. The Labute approximate surface area is 98.1 Å². The molecule has 0 radical (unpaired) electrons. The zero-order valence-corrected chi connectivity index (χ0v) is 10.1. The van der Waals surface area contributed by atoms with Gasteiger partial charge in [0.05, 0.1) is 6.61 Å². The van der Waals surface area contributed by atoms with Gasteiger partial charge in [0, 0.05) is 22.2 Å². The zero-order chi connectivity index (χ0) is 10.4. The molecule has 0 aliphatic heterocycles. The summed E-state index contributed by atoms with van der Waals surface area (Å²) in [4.78, 5) is 0. The molecule has 0 aliphatic rings. The van der Waals surface area contributed by atoms with Crippen molar-refractivity contribution in [3.63, 3.8) is 0 Å². The van der Waals surface area contributed by atoms with Crippen molar-refractivity contribution in [2.45, 2.75) is 13.0 Å². The van der Waals surface area contributed by atoms with Crippen LogP contribution in [0, 0.1) is 11.8 Å². The standard InChI is InChI=1S/C11H11BrOS/c12-11-5-4-9(3-1-2-6-14)7-10(11)8-13/h4-5,7,13-14H,2,6,8H2. The lowest BCUT2D eigenvalue weighted by Crippen LogP contribution is -1.86. The Hall–Kier alpha value is -0.430. The van der Waals surface area contributed by atoms with E-state index in [4.69, 9.17) is 5.11 Å². The van der Waals surface area contributed by atoms with Crippen LogP contribution in [0.4, 0.5) is 0 Å². The van der Waals surface area contributed by atoms with Crippen LogP contribution in [-0.4, -0.2) is 10.9 Å². The fourth-order valence-electron chi connectivity index (χ4n) is 0.994. The molecular formula is C11H11BrOS. The lowest BCUT2D eigenvalue weighted by molar-refractivity contribution is 0.281. The molecule has 0 aromatic heterocycles. The molecule has 1 rings (SSSR count). The lowest BCUT2D eigenvalue weighted by Gasteiger charge is -2.00. The molecule has 0 atom stereocenters. The van der Waals surface area contributed by atoms with E-state index in [0.29, 0.717) is 0 Å². The summed E-state index contributed by atoms with van der Waals surface area (Å²) in [5.74, 6) is 6.79. The van der Waals surface area contributed by atoms with Gasteiger partial charge >= 0.3 is 0 Å². The lowest BCUT2D eigenvalue weighted by atomic mass is 10.1. The SMILES string of the molecule is OCc1cc(C#CCCS)ccc1Br. The van der Waals surface area contributed by atoms with Crippen molar-refractivity contribution >= 4 is 28.6 Å². The normalized spacial score (nSPS) is 9.36. The summed E-state index contributed by atoms with van der Waals surface area (Å²) in [5.41, 5.74) is 1.79. The monoisotopic (exact) mass is 270 g/mol. The van der Waals surface area contributed by atoms with Crippen molar-refractivity contribution in [2.24, 2.45) is 0 Å². The summed E-state index contributed by atoms with van der Waals surface area (Å²) in [6, 6.07) is 5.71. The average Bonchev–Trinajstić information content (AvgIpc) is 2.21. The molecule has 3 heteroatoms. The largest absolute Gasteiger partial charge is 0.392 e. The van der Waals surface area contributed by atoms with Crippen LogP contribution in [0.25, 0.3) is 0 Å². The van der Waals surface area contributed by atoms with E-state index in [-0.39, 0.29) is 6.61 Å². The molecule has 14 heavy (non-hydrogen) atoms. The number of benzene rings is 1. The van der Waals surface area contributed by atoms with E-state index in [1.165, 1.54) is 0 Å². The Kier molecular flexibility index (Phi) is 5.10. The minimum Gasteiger partial charge on any atom is -0.392 e. The van der Waals surface area contributed by atoms with Crippen molar-refractivity contribution in [2.75, 3.05) is 5.75 Å². The van der Waals surface area contributed by atoms with Gasteiger partial charge in [-0.15, -0.1) is 0 Å². The fourth-order valence-corrected chi connectivity index (χ4v) is 1.48. The summed E-state index contributed by atoms with van der Waals surface area (Å²) in [6.07, 6.45) is 0.785. The zero-order valence-electron chi connectivity index (χ0n) is 7.63. The van der Waals surface area contributed by atoms with Crippen molar-refractivity contribution in [1.82, 2.24) is 0 Å². The highest BCUT2D eigenvalue weighted by Crippen LogP contribution is 2.17. The number of aliphatic hydroxyl groups is 1. The maximum Gasteiger partial charge on any atom is 0.0693 e. The molecular weight excluding hydrogens is 260 g/mol. The molecule has 0 aliphatic carbocycles. The number of thiol groups is 1. The smallest absolute Gasteiger partial charge is 0.0693 e. The van der Waals surface area contributed by atoms with E-state index < -0.39 is 0 Å². The maximum absolute atomic E-state index is 9.02. The van der Waals surface area contributed by atoms with Gasteiger partial charge in [0.15, 0.2) is 0 Å². The highest BCUT2D eigenvalue weighted by Gasteiger charge is 1.98. The second-order valence-corrected chi connectivity index (χ2v) is 4.04. The van der Waals surface area contributed by atoms with E-state index in [2.05, 4.69) is 40.4 Å². The van der Waals surface area contributed by atoms with Crippen LogP contribution in [0.15, 0.2) is 22.7 Å². The molecule has 0 spiro atoms. The summed E-state index contributed by atoms with van der Waals surface area (Å²) >= 11 is 7.42. The number of hydrogen-bond donors (Lipinski definition) is 2. The van der Waals surface area contributed by atoms with Crippen LogP contribution in [0.1, 0.15) is 17.5 Å². The van der Waals surface area contributed by atoms with E-state index in [1.807, 2.05) is 18.2 Å². The maximum atomic E-state index is 9.02. The number of hydrogen-bond acceptors (Lipinski definition) is 2. The summed E-state index contributed by atoms with van der Waals surface area (Å²) in [5, 5.41) is 9.02. The Bertz CT molecular complexity index is 365. The first kappa shape index (κ1) is 11.6. The highest BCUT2D eigenvalue weighted by molar-refractivity contribution is 9.10. The third-order valence-corrected chi connectivity index (χ3v) is 2.68. The van der Waals surface area contributed by atoms with Crippen molar-refractivity contribution in [3.05, 3.63) is 33.8 Å². The van der Waals surface area contributed by atoms with Crippen molar-refractivity contribution in [1.29, 1.82) is 0 Å². The third kappa shape index (κ3) is 3.38. The van der Waals surface area contributed by atoms with Gasteiger partial charge in [0.2, 0.25) is 0 Å². The molecule has 0 heterocycles. The van der Waals surface area contributed by atoms with Crippen LogP contribution in [0.5, 0.6) is 0 Å². The van der Waals surface area contributed by atoms with Gasteiger partial charge < -0.3 is 5.11 Å². The summed E-state index contributed by atoms with van der Waals surface area (Å²) < 4.78 is 0.916. The quantitative estimate of drug-likeness (QED) is 0.626. The van der Waals surface area contributed by atoms with Gasteiger partial charge in [-0.05, 0) is 23.8 Å². The Morgan fingerprint density at radius 1 is 1.43 bits per heavy atom. The van der Waals surface area contributed by atoms with E-state index in [0.717, 1.165) is 27.8 Å². The highest BCUT2D eigenvalue weighted by atomic mass is 79.9. The molecule has 0 bridgehead atoms. The van der Waals surface area contributed by atoms with Gasteiger partial charge in [-0.25, -0.2) is 0 Å². The predicted molar refractivity (Wildman–Crippen MR) is 65.4 cm³/mol. The molecule has 1 aromatic carbocycles. The van der Waals surface area contributed by atoms with Crippen LogP contribution in [0.3, 0.4) is 0 Å². The second-order valence-electron chi connectivity index (χ2n) is 2.74. The second kappa shape index (κ2) is 6.13. The Morgan fingerprint density at radius 2 is 2.21 bits per heavy atom. The first-order valence-electron chi connectivity index (χ1n) is 4.27. The van der Waals surface area contributed by atoms with Crippen LogP contribution in [-0.2, 0) is 6.61 Å². The number of aliphatic hydroxyl groups excluding tert-OH is 1. The van der Waals surface area contributed by atoms with Crippen LogP contribution >= 0.6 is 28.6 Å². The van der Waals surface area contributed by atoms with Gasteiger partial charge in [-0.1, -0.05) is 27.8 Å². The van der Waals surface area contributed by atoms with E-state index in [1.54, 1.807) is 0 Å². The minimum absolute atomic E-state index is 0.0304. The van der Waals surface area contributed by atoms with Gasteiger partial charge in [-0.2, -0.15) is 12.6 Å². The molecule has 1 aromatic rings. The molecule has 1 N–H and O–H groups in total. The van der Waals surface area contributed by atoms with Crippen LogP contribution in [0.2, 0.25) is 0 Å². The first-order chi connectivity index (χ1) is 6.77. The van der Waals surface area contributed by atoms with Gasteiger partial charge in [-0.3, -0.25) is 0 Å². The van der Waals surface area contributed by atoms with Gasteiger partial charge in [0.25, 0.3) is 0 Å². The van der Waals surface area contributed by atoms with Crippen molar-refractivity contribution in [3.8, 4) is 11.8 Å². The number of rotatable bonds is 2. The van der Waals surface area contributed by atoms with Gasteiger partial charge in [0.1, 0.15) is 0 Å².